The standard InChI is InChI=1S/C27H20N2O3/c1-2-11-22(29-26(30)20-16-9-10-17-21(20)27(29)31)25-28-23(18-12-5-3-6-13-18)24(32-25)19-14-7-4-8-15-19/h2-17,22H,1H3/t22-/m1/s1. The van der Waals surface area contributed by atoms with Crippen LogP contribution in [0.1, 0.15) is 39.6 Å². The minimum absolute atomic E-state index is 0.287. The van der Waals surface area contributed by atoms with Crippen LogP contribution in [0.5, 0.6) is 0 Å². The van der Waals surface area contributed by atoms with Crippen molar-refractivity contribution in [2.45, 2.75) is 13.0 Å². The van der Waals surface area contributed by atoms with Gasteiger partial charge in [-0.2, -0.15) is 0 Å². The third-order valence-electron chi connectivity index (χ3n) is 5.46. The zero-order valence-corrected chi connectivity index (χ0v) is 17.4. The van der Waals surface area contributed by atoms with Gasteiger partial charge < -0.3 is 4.42 Å². The van der Waals surface area contributed by atoms with E-state index in [0.29, 0.717) is 22.6 Å². The summed E-state index contributed by atoms with van der Waals surface area (Å²) in [5.41, 5.74) is 3.21. The Morgan fingerprint density at radius 1 is 0.781 bits per heavy atom. The van der Waals surface area contributed by atoms with E-state index >= 15 is 0 Å². The number of aromatic nitrogens is 1. The van der Waals surface area contributed by atoms with Gasteiger partial charge in [-0.05, 0) is 19.1 Å². The highest BCUT2D eigenvalue weighted by atomic mass is 16.4. The number of nitrogens with zero attached hydrogens (tertiary/aromatic N) is 2. The highest BCUT2D eigenvalue weighted by Gasteiger charge is 2.41. The molecule has 0 bridgehead atoms. The van der Waals surface area contributed by atoms with Crippen LogP contribution in [0.4, 0.5) is 0 Å². The van der Waals surface area contributed by atoms with Gasteiger partial charge in [-0.1, -0.05) is 84.9 Å². The van der Waals surface area contributed by atoms with Crippen LogP contribution >= 0.6 is 0 Å². The lowest BCUT2D eigenvalue weighted by Gasteiger charge is -2.20. The van der Waals surface area contributed by atoms with Crippen molar-refractivity contribution in [3.05, 3.63) is 114 Å². The molecule has 2 heterocycles. The number of imide groups is 1. The van der Waals surface area contributed by atoms with E-state index in [-0.39, 0.29) is 17.7 Å². The summed E-state index contributed by atoms with van der Waals surface area (Å²) in [4.78, 5) is 32.3. The molecule has 1 atom stereocenters. The molecule has 5 heteroatoms. The average molecular weight is 420 g/mol. The number of hydrogen-bond acceptors (Lipinski definition) is 4. The number of amides is 2. The molecule has 0 fully saturated rings. The predicted molar refractivity (Wildman–Crippen MR) is 122 cm³/mol. The van der Waals surface area contributed by atoms with Crippen molar-refractivity contribution in [1.29, 1.82) is 0 Å². The molecule has 5 nitrogen and oxygen atoms in total. The summed E-state index contributed by atoms with van der Waals surface area (Å²) >= 11 is 0. The molecule has 2 amide bonds. The second-order valence-corrected chi connectivity index (χ2v) is 7.46. The van der Waals surface area contributed by atoms with Crippen molar-refractivity contribution >= 4 is 11.8 Å². The summed E-state index contributed by atoms with van der Waals surface area (Å²) in [5.74, 6) is 0.178. The van der Waals surface area contributed by atoms with Crippen molar-refractivity contribution in [1.82, 2.24) is 9.88 Å². The van der Waals surface area contributed by atoms with Crippen LogP contribution in [0.15, 0.2) is 101 Å². The first-order valence-corrected chi connectivity index (χ1v) is 10.4. The minimum atomic E-state index is -0.757. The second-order valence-electron chi connectivity index (χ2n) is 7.46. The van der Waals surface area contributed by atoms with Crippen molar-refractivity contribution in [2.75, 3.05) is 0 Å². The quantitative estimate of drug-likeness (QED) is 0.297. The zero-order chi connectivity index (χ0) is 22.1. The highest BCUT2D eigenvalue weighted by Crippen LogP contribution is 2.38. The Morgan fingerprint density at radius 2 is 1.31 bits per heavy atom. The topological polar surface area (TPSA) is 63.4 Å². The summed E-state index contributed by atoms with van der Waals surface area (Å²) < 4.78 is 6.27. The molecule has 4 aromatic rings. The number of carbonyl (C=O) groups excluding carboxylic acids is 2. The van der Waals surface area contributed by atoms with Crippen LogP contribution in [0, 0.1) is 0 Å². The van der Waals surface area contributed by atoms with E-state index in [1.807, 2.05) is 67.6 Å². The molecule has 0 saturated heterocycles. The SMILES string of the molecule is CC=C[C@H](c1nc(-c2ccccc2)c(-c2ccccc2)o1)N1C(=O)c2ccccc2C1=O. The number of hydrogen-bond donors (Lipinski definition) is 0. The van der Waals surface area contributed by atoms with E-state index in [1.54, 1.807) is 36.4 Å². The van der Waals surface area contributed by atoms with Crippen molar-refractivity contribution < 1.29 is 14.0 Å². The van der Waals surface area contributed by atoms with E-state index in [4.69, 9.17) is 9.40 Å². The third-order valence-corrected chi connectivity index (χ3v) is 5.46. The fraction of sp³-hybridized carbons (Fsp3) is 0.0741. The van der Waals surface area contributed by atoms with E-state index < -0.39 is 6.04 Å². The lowest BCUT2D eigenvalue weighted by molar-refractivity contribution is 0.0595. The summed E-state index contributed by atoms with van der Waals surface area (Å²) in [6, 6.07) is 25.5. The molecule has 156 valence electrons. The maximum Gasteiger partial charge on any atom is 0.262 e. The molecule has 32 heavy (non-hydrogen) atoms. The molecule has 1 aliphatic rings. The average Bonchev–Trinajstić information content (AvgIpc) is 3.39. The molecule has 0 N–H and O–H groups in total. The van der Waals surface area contributed by atoms with Gasteiger partial charge in [0.05, 0.1) is 11.1 Å². The molecular weight excluding hydrogens is 400 g/mol. The lowest BCUT2D eigenvalue weighted by atomic mass is 10.1. The largest absolute Gasteiger partial charge is 0.437 e. The van der Waals surface area contributed by atoms with Gasteiger partial charge >= 0.3 is 0 Å². The van der Waals surface area contributed by atoms with Crippen molar-refractivity contribution in [3.8, 4) is 22.6 Å². The van der Waals surface area contributed by atoms with Crippen LogP contribution in [0.25, 0.3) is 22.6 Å². The van der Waals surface area contributed by atoms with Gasteiger partial charge in [0, 0.05) is 11.1 Å². The van der Waals surface area contributed by atoms with Crippen LogP contribution < -0.4 is 0 Å². The Labute approximate surface area is 185 Å². The van der Waals surface area contributed by atoms with Crippen molar-refractivity contribution in [3.63, 3.8) is 0 Å². The molecule has 0 radical (unpaired) electrons. The zero-order valence-electron chi connectivity index (χ0n) is 17.4. The van der Waals surface area contributed by atoms with E-state index in [2.05, 4.69) is 0 Å². The van der Waals surface area contributed by atoms with Gasteiger partial charge in [-0.3, -0.25) is 14.5 Å². The normalized spacial score (nSPS) is 14.2. The van der Waals surface area contributed by atoms with Gasteiger partial charge in [0.2, 0.25) is 5.89 Å². The Kier molecular flexibility index (Phi) is 5.00. The maximum absolute atomic E-state index is 13.1. The monoisotopic (exact) mass is 420 g/mol. The number of carbonyl (C=O) groups is 2. The molecular formula is C27H20N2O3. The molecule has 3 aromatic carbocycles. The van der Waals surface area contributed by atoms with E-state index in [0.717, 1.165) is 11.1 Å². The first kappa shape index (κ1) is 19.7. The van der Waals surface area contributed by atoms with Gasteiger partial charge in [0.1, 0.15) is 11.7 Å². The molecule has 0 saturated carbocycles. The van der Waals surface area contributed by atoms with E-state index in [1.165, 1.54) is 4.90 Å². The molecule has 1 aromatic heterocycles. The molecule has 1 aliphatic heterocycles. The minimum Gasteiger partial charge on any atom is -0.437 e. The van der Waals surface area contributed by atoms with Crippen LogP contribution in [0.3, 0.4) is 0 Å². The van der Waals surface area contributed by atoms with Crippen LogP contribution in [-0.4, -0.2) is 21.7 Å². The molecule has 5 rings (SSSR count). The summed E-state index contributed by atoms with van der Waals surface area (Å²) in [7, 11) is 0. The Bertz CT molecular complexity index is 1230. The number of fused-ring (bicyclic) bond motifs is 1. The third kappa shape index (κ3) is 3.24. The second kappa shape index (κ2) is 8.12. The molecule has 0 unspecified atom stereocenters. The Morgan fingerprint density at radius 3 is 1.88 bits per heavy atom. The molecule has 0 aliphatic carbocycles. The first-order chi connectivity index (χ1) is 15.7. The maximum atomic E-state index is 13.1. The first-order valence-electron chi connectivity index (χ1n) is 10.4. The number of allylic oxidation sites excluding steroid dienone is 1. The van der Waals surface area contributed by atoms with Crippen molar-refractivity contribution in [2.24, 2.45) is 0 Å². The Hall–Kier alpha value is -4.25. The van der Waals surface area contributed by atoms with Crippen LogP contribution in [-0.2, 0) is 0 Å². The fourth-order valence-corrected chi connectivity index (χ4v) is 3.96. The predicted octanol–water partition coefficient (Wildman–Crippen LogP) is 5.92. The highest BCUT2D eigenvalue weighted by molar-refractivity contribution is 6.21. The Balaban J connectivity index is 1.65. The summed E-state index contributed by atoms with van der Waals surface area (Å²) in [6.45, 7) is 1.84. The van der Waals surface area contributed by atoms with Gasteiger partial charge in [0.25, 0.3) is 11.8 Å². The van der Waals surface area contributed by atoms with Gasteiger partial charge in [0.15, 0.2) is 5.76 Å². The summed E-state index contributed by atoms with van der Waals surface area (Å²) in [6.07, 6.45) is 3.56. The van der Waals surface area contributed by atoms with Gasteiger partial charge in [-0.15, -0.1) is 0 Å². The fourth-order valence-electron chi connectivity index (χ4n) is 3.96. The van der Waals surface area contributed by atoms with Gasteiger partial charge in [-0.25, -0.2) is 4.98 Å². The van der Waals surface area contributed by atoms with E-state index in [9.17, 15) is 9.59 Å². The lowest BCUT2D eigenvalue weighted by Crippen LogP contribution is -2.33. The number of oxazole rings is 1. The van der Waals surface area contributed by atoms with Crippen LogP contribution in [0.2, 0.25) is 0 Å². The number of rotatable bonds is 5. The number of benzene rings is 3. The molecule has 0 spiro atoms. The summed E-state index contributed by atoms with van der Waals surface area (Å²) in [5, 5.41) is 0. The smallest absolute Gasteiger partial charge is 0.262 e.